The lowest BCUT2D eigenvalue weighted by molar-refractivity contribution is 1.06. The topological polar surface area (TPSA) is 88.8 Å². The molecule has 6 nitrogen and oxygen atoms in total. The number of nitrogens with zero attached hydrogens (tertiary/aromatic N) is 3. The zero-order valence-corrected chi connectivity index (χ0v) is 9.58. The molecule has 0 radical (unpaired) electrons. The Morgan fingerprint density at radius 2 is 2.19 bits per heavy atom. The molecule has 84 valence electrons. The third-order valence-corrected chi connectivity index (χ3v) is 2.91. The molecule has 0 aliphatic rings. The number of anilines is 2. The lowest BCUT2D eigenvalue weighted by Gasteiger charge is -2.09. The molecule has 0 spiro atoms. The average Bonchev–Trinajstić information content (AvgIpc) is 2.81. The van der Waals surface area contributed by atoms with Gasteiger partial charge in [0.1, 0.15) is 18.0 Å². The van der Waals surface area contributed by atoms with E-state index in [1.807, 2.05) is 13.1 Å². The summed E-state index contributed by atoms with van der Waals surface area (Å²) in [6.45, 7) is 2.61. The van der Waals surface area contributed by atoms with Crippen LogP contribution in [-0.4, -0.2) is 15.0 Å². The quantitative estimate of drug-likeness (QED) is 0.545. The Hall–Kier alpha value is -1.73. The molecule has 16 heavy (non-hydrogen) atoms. The number of nitrogen functional groups attached to an aromatic ring is 1. The Morgan fingerprint density at radius 3 is 2.88 bits per heavy atom. The van der Waals surface area contributed by atoms with Crippen molar-refractivity contribution >= 4 is 23.0 Å². The van der Waals surface area contributed by atoms with E-state index in [9.17, 15) is 0 Å². The first-order valence-electron chi connectivity index (χ1n) is 4.70. The van der Waals surface area contributed by atoms with E-state index < -0.39 is 0 Å². The summed E-state index contributed by atoms with van der Waals surface area (Å²) in [6.07, 6.45) is 3.30. The van der Waals surface area contributed by atoms with Crippen LogP contribution in [0, 0.1) is 6.92 Å². The van der Waals surface area contributed by atoms with Gasteiger partial charge in [0.2, 0.25) is 0 Å². The van der Waals surface area contributed by atoms with Crippen LogP contribution >= 0.6 is 11.3 Å². The number of thiazole rings is 1. The summed E-state index contributed by atoms with van der Waals surface area (Å²) in [5.74, 6) is 6.74. The highest BCUT2D eigenvalue weighted by molar-refractivity contribution is 7.09. The number of hydrogen-bond acceptors (Lipinski definition) is 7. The fourth-order valence-corrected chi connectivity index (χ4v) is 1.81. The highest BCUT2D eigenvalue weighted by Crippen LogP contribution is 2.18. The van der Waals surface area contributed by atoms with E-state index in [4.69, 9.17) is 5.84 Å². The fourth-order valence-electron chi connectivity index (χ4n) is 1.27. The van der Waals surface area contributed by atoms with Crippen LogP contribution in [0.2, 0.25) is 0 Å². The van der Waals surface area contributed by atoms with Crippen molar-refractivity contribution in [3.63, 3.8) is 0 Å². The van der Waals surface area contributed by atoms with Crippen molar-refractivity contribution in [2.24, 2.45) is 5.84 Å². The average molecular weight is 236 g/mol. The molecule has 0 aromatic carbocycles. The van der Waals surface area contributed by atoms with Crippen molar-refractivity contribution in [1.82, 2.24) is 15.0 Å². The third-order valence-electron chi connectivity index (χ3n) is 2.13. The summed E-state index contributed by atoms with van der Waals surface area (Å²) in [5, 5.41) is 3.21. The molecule has 0 aliphatic carbocycles. The molecule has 0 saturated heterocycles. The third kappa shape index (κ3) is 2.26. The van der Waals surface area contributed by atoms with Gasteiger partial charge < -0.3 is 10.7 Å². The zero-order valence-electron chi connectivity index (χ0n) is 8.77. The predicted octanol–water partition coefficient (Wildman–Crippen LogP) is 1.14. The molecular formula is C9H12N6S. The number of hydrogen-bond donors (Lipinski definition) is 3. The van der Waals surface area contributed by atoms with Crippen molar-refractivity contribution in [3.05, 3.63) is 28.5 Å². The van der Waals surface area contributed by atoms with E-state index in [1.165, 1.54) is 6.33 Å². The van der Waals surface area contributed by atoms with E-state index in [2.05, 4.69) is 25.7 Å². The van der Waals surface area contributed by atoms with E-state index in [1.54, 1.807) is 16.8 Å². The van der Waals surface area contributed by atoms with Gasteiger partial charge in [-0.1, -0.05) is 0 Å². The standard InChI is InChI=1S/C9H12N6S/c1-6-8(13-4-14-9(6)15-10)12-3-7-2-11-5-16-7/h2,4-5H,3,10H2,1H3,(H2,12,13,14,15). The first-order valence-corrected chi connectivity index (χ1v) is 5.58. The molecule has 4 N–H and O–H groups in total. The largest absolute Gasteiger partial charge is 0.365 e. The van der Waals surface area contributed by atoms with Crippen molar-refractivity contribution in [3.8, 4) is 0 Å². The Balaban J connectivity index is 2.09. The van der Waals surface area contributed by atoms with Gasteiger partial charge in [-0.2, -0.15) is 0 Å². The van der Waals surface area contributed by atoms with Crippen LogP contribution in [0.15, 0.2) is 18.0 Å². The lowest BCUT2D eigenvalue weighted by atomic mass is 10.3. The predicted molar refractivity (Wildman–Crippen MR) is 64.0 cm³/mol. The van der Waals surface area contributed by atoms with Gasteiger partial charge in [0.25, 0.3) is 0 Å². The Kier molecular flexibility index (Phi) is 3.28. The molecule has 2 aromatic heterocycles. The molecule has 0 saturated carbocycles. The first kappa shape index (κ1) is 10.8. The summed E-state index contributed by atoms with van der Waals surface area (Å²) in [7, 11) is 0. The molecule has 7 heteroatoms. The maximum atomic E-state index is 5.33. The Bertz CT molecular complexity index is 455. The second-order valence-corrected chi connectivity index (χ2v) is 4.13. The van der Waals surface area contributed by atoms with Crippen LogP contribution in [0.4, 0.5) is 11.6 Å². The van der Waals surface area contributed by atoms with Crippen LogP contribution in [0.1, 0.15) is 10.4 Å². The minimum Gasteiger partial charge on any atom is -0.365 e. The normalized spacial score (nSPS) is 10.1. The molecular weight excluding hydrogens is 224 g/mol. The van der Waals surface area contributed by atoms with Gasteiger partial charge in [-0.3, -0.25) is 4.98 Å². The van der Waals surface area contributed by atoms with E-state index in [0.717, 1.165) is 16.3 Å². The van der Waals surface area contributed by atoms with Gasteiger partial charge >= 0.3 is 0 Å². The van der Waals surface area contributed by atoms with E-state index >= 15 is 0 Å². The molecule has 0 aliphatic heterocycles. The maximum absolute atomic E-state index is 5.33. The summed E-state index contributed by atoms with van der Waals surface area (Å²) >= 11 is 1.60. The summed E-state index contributed by atoms with van der Waals surface area (Å²) < 4.78 is 0. The van der Waals surface area contributed by atoms with Crippen LogP contribution in [0.5, 0.6) is 0 Å². The number of hydrazine groups is 1. The number of aromatic nitrogens is 3. The number of nitrogens with one attached hydrogen (secondary N) is 2. The van der Waals surface area contributed by atoms with Gasteiger partial charge in [-0.05, 0) is 6.92 Å². The van der Waals surface area contributed by atoms with Gasteiger partial charge in [-0.15, -0.1) is 11.3 Å². The second kappa shape index (κ2) is 4.86. The van der Waals surface area contributed by atoms with Gasteiger partial charge in [0.05, 0.1) is 12.1 Å². The van der Waals surface area contributed by atoms with Crippen molar-refractivity contribution in [1.29, 1.82) is 0 Å². The zero-order chi connectivity index (χ0) is 11.4. The lowest BCUT2D eigenvalue weighted by Crippen LogP contribution is -2.12. The Labute approximate surface area is 96.9 Å². The Morgan fingerprint density at radius 1 is 1.38 bits per heavy atom. The smallest absolute Gasteiger partial charge is 0.148 e. The van der Waals surface area contributed by atoms with Crippen molar-refractivity contribution in [2.45, 2.75) is 13.5 Å². The van der Waals surface area contributed by atoms with Crippen molar-refractivity contribution in [2.75, 3.05) is 10.7 Å². The first-order chi connectivity index (χ1) is 7.81. The SMILES string of the molecule is Cc1c(NN)ncnc1NCc1cncs1. The molecule has 2 aromatic rings. The molecule has 0 bridgehead atoms. The molecule has 0 unspecified atom stereocenters. The van der Waals surface area contributed by atoms with Crippen LogP contribution in [0.3, 0.4) is 0 Å². The number of nitrogens with two attached hydrogens (primary N) is 1. The van der Waals surface area contributed by atoms with Crippen molar-refractivity contribution < 1.29 is 0 Å². The fraction of sp³-hybridized carbons (Fsp3) is 0.222. The highest BCUT2D eigenvalue weighted by Gasteiger charge is 2.05. The van der Waals surface area contributed by atoms with Gasteiger partial charge in [0, 0.05) is 16.6 Å². The minimum absolute atomic E-state index is 0.627. The minimum atomic E-state index is 0.627. The maximum Gasteiger partial charge on any atom is 0.148 e. The van der Waals surface area contributed by atoms with E-state index in [0.29, 0.717) is 12.4 Å². The molecule has 2 rings (SSSR count). The van der Waals surface area contributed by atoms with Crippen LogP contribution in [-0.2, 0) is 6.54 Å². The molecule has 0 amide bonds. The summed E-state index contributed by atoms with van der Waals surface area (Å²) in [4.78, 5) is 13.3. The summed E-state index contributed by atoms with van der Waals surface area (Å²) in [6, 6.07) is 0. The molecule has 0 atom stereocenters. The summed E-state index contributed by atoms with van der Waals surface area (Å²) in [5.41, 5.74) is 5.23. The van der Waals surface area contributed by atoms with E-state index in [-0.39, 0.29) is 0 Å². The highest BCUT2D eigenvalue weighted by atomic mass is 32.1. The van der Waals surface area contributed by atoms with Gasteiger partial charge in [0.15, 0.2) is 0 Å². The number of rotatable bonds is 4. The van der Waals surface area contributed by atoms with Crippen LogP contribution < -0.4 is 16.6 Å². The van der Waals surface area contributed by atoms with Crippen LogP contribution in [0.25, 0.3) is 0 Å². The molecule has 0 fully saturated rings. The van der Waals surface area contributed by atoms with Gasteiger partial charge in [-0.25, -0.2) is 15.8 Å². The monoisotopic (exact) mass is 236 g/mol. The second-order valence-electron chi connectivity index (χ2n) is 3.16. The molecule has 2 heterocycles.